The fraction of sp³-hybridized carbons (Fsp3) is 0.417. The maximum Gasteiger partial charge on any atom is 0.206 e. The second-order valence-electron chi connectivity index (χ2n) is 4.90. The predicted octanol–water partition coefficient (Wildman–Crippen LogP) is 1.47. The number of nitrogens with one attached hydrogen (secondary N) is 1. The predicted molar refractivity (Wildman–Crippen MR) is 71.3 cm³/mol. The van der Waals surface area contributed by atoms with E-state index in [1.54, 1.807) is 12.1 Å². The van der Waals surface area contributed by atoms with Gasteiger partial charge in [-0.1, -0.05) is 26.0 Å². The van der Waals surface area contributed by atoms with Crippen molar-refractivity contribution in [1.82, 2.24) is 20.6 Å². The Kier molecular flexibility index (Phi) is 3.66. The molecule has 2 rings (SSSR count). The summed E-state index contributed by atoms with van der Waals surface area (Å²) in [5.74, 6) is 0.720. The lowest BCUT2D eigenvalue weighted by Gasteiger charge is -2.12. The SMILES string of the molecule is CC(C)Cc1cccc(S(C)(=O)=O)c1-c1nn[nH]n1. The van der Waals surface area contributed by atoms with Gasteiger partial charge in [0, 0.05) is 11.8 Å². The van der Waals surface area contributed by atoms with Crippen molar-refractivity contribution in [2.75, 3.05) is 6.26 Å². The number of nitrogens with zero attached hydrogens (tertiary/aromatic N) is 3. The zero-order chi connectivity index (χ0) is 14.0. The summed E-state index contributed by atoms with van der Waals surface area (Å²) < 4.78 is 23.8. The molecule has 0 saturated carbocycles. The van der Waals surface area contributed by atoms with Gasteiger partial charge < -0.3 is 0 Å². The van der Waals surface area contributed by atoms with Gasteiger partial charge in [-0.2, -0.15) is 5.21 Å². The standard InChI is InChI=1S/C12H16N4O2S/c1-8(2)7-9-5-4-6-10(19(3,17)18)11(9)12-13-15-16-14-12/h4-6,8H,7H2,1-3H3,(H,13,14,15,16). The van der Waals surface area contributed by atoms with Gasteiger partial charge in [0.05, 0.1) is 4.90 Å². The number of tetrazole rings is 1. The van der Waals surface area contributed by atoms with Crippen molar-refractivity contribution >= 4 is 9.84 Å². The van der Waals surface area contributed by atoms with Crippen LogP contribution in [0.1, 0.15) is 19.4 Å². The Labute approximate surface area is 112 Å². The van der Waals surface area contributed by atoms with Crippen LogP contribution in [-0.4, -0.2) is 35.3 Å². The molecule has 1 heterocycles. The number of rotatable bonds is 4. The second-order valence-corrected chi connectivity index (χ2v) is 6.88. The van der Waals surface area contributed by atoms with Crippen molar-refractivity contribution in [2.45, 2.75) is 25.2 Å². The van der Waals surface area contributed by atoms with E-state index in [2.05, 4.69) is 34.5 Å². The van der Waals surface area contributed by atoms with Crippen molar-refractivity contribution in [3.8, 4) is 11.4 Å². The number of aromatic amines is 1. The summed E-state index contributed by atoms with van der Waals surface area (Å²) in [4.78, 5) is 0.243. The van der Waals surface area contributed by atoms with Crippen LogP contribution in [0.4, 0.5) is 0 Å². The summed E-state index contributed by atoms with van der Waals surface area (Å²) in [6.45, 7) is 4.15. The Hall–Kier alpha value is -1.76. The average molecular weight is 280 g/mol. The first kappa shape index (κ1) is 13.7. The smallest absolute Gasteiger partial charge is 0.206 e. The molecular formula is C12H16N4O2S. The molecule has 1 N–H and O–H groups in total. The molecule has 6 nitrogen and oxygen atoms in total. The summed E-state index contributed by atoms with van der Waals surface area (Å²) in [7, 11) is -3.34. The second kappa shape index (κ2) is 5.08. The van der Waals surface area contributed by atoms with E-state index >= 15 is 0 Å². The van der Waals surface area contributed by atoms with Crippen LogP contribution in [0.2, 0.25) is 0 Å². The number of benzene rings is 1. The Morgan fingerprint density at radius 2 is 2.05 bits per heavy atom. The van der Waals surface area contributed by atoms with Crippen LogP contribution in [0, 0.1) is 5.92 Å². The molecule has 1 aromatic heterocycles. The van der Waals surface area contributed by atoms with E-state index in [1.165, 1.54) is 6.26 Å². The molecule has 0 aliphatic carbocycles. The molecule has 0 saturated heterocycles. The van der Waals surface area contributed by atoms with E-state index in [0.29, 0.717) is 17.3 Å². The van der Waals surface area contributed by atoms with Crippen molar-refractivity contribution in [2.24, 2.45) is 5.92 Å². The average Bonchev–Trinajstić information content (AvgIpc) is 2.80. The van der Waals surface area contributed by atoms with Gasteiger partial charge >= 0.3 is 0 Å². The monoisotopic (exact) mass is 280 g/mol. The first-order valence-electron chi connectivity index (χ1n) is 5.95. The lowest BCUT2D eigenvalue weighted by atomic mass is 9.97. The molecule has 0 fully saturated rings. The first-order valence-corrected chi connectivity index (χ1v) is 7.84. The molecule has 0 atom stereocenters. The Morgan fingerprint density at radius 1 is 1.32 bits per heavy atom. The third kappa shape index (κ3) is 2.98. The lowest BCUT2D eigenvalue weighted by molar-refractivity contribution is 0.601. The molecule has 0 unspecified atom stereocenters. The highest BCUT2D eigenvalue weighted by Gasteiger charge is 2.21. The van der Waals surface area contributed by atoms with Crippen molar-refractivity contribution in [3.63, 3.8) is 0 Å². The molecule has 7 heteroatoms. The van der Waals surface area contributed by atoms with Crippen LogP contribution >= 0.6 is 0 Å². The van der Waals surface area contributed by atoms with Crippen LogP contribution in [0.3, 0.4) is 0 Å². The van der Waals surface area contributed by atoms with Crippen LogP contribution in [-0.2, 0) is 16.3 Å². The molecule has 0 amide bonds. The summed E-state index contributed by atoms with van der Waals surface area (Å²) in [5.41, 5.74) is 1.46. The Balaban J connectivity index is 2.70. The molecule has 0 radical (unpaired) electrons. The van der Waals surface area contributed by atoms with Gasteiger partial charge in [-0.05, 0) is 29.2 Å². The number of hydrogen-bond donors (Lipinski definition) is 1. The molecule has 1 aromatic carbocycles. The van der Waals surface area contributed by atoms with E-state index in [9.17, 15) is 8.42 Å². The van der Waals surface area contributed by atoms with Gasteiger partial charge in [-0.25, -0.2) is 8.42 Å². The largest absolute Gasteiger partial charge is 0.224 e. The molecule has 19 heavy (non-hydrogen) atoms. The van der Waals surface area contributed by atoms with E-state index in [-0.39, 0.29) is 4.90 Å². The molecule has 0 aliphatic rings. The molecule has 0 aliphatic heterocycles. The maximum atomic E-state index is 11.9. The van der Waals surface area contributed by atoms with Gasteiger partial charge in [0.1, 0.15) is 0 Å². The quantitative estimate of drug-likeness (QED) is 0.916. The van der Waals surface area contributed by atoms with Crippen molar-refractivity contribution in [3.05, 3.63) is 23.8 Å². The fourth-order valence-electron chi connectivity index (χ4n) is 2.02. The minimum atomic E-state index is -3.34. The van der Waals surface area contributed by atoms with E-state index in [1.807, 2.05) is 6.07 Å². The summed E-state index contributed by atoms with van der Waals surface area (Å²) in [5, 5.41) is 13.7. The van der Waals surface area contributed by atoms with Gasteiger partial charge in [0.2, 0.25) is 5.82 Å². The number of H-pyrrole nitrogens is 1. The first-order chi connectivity index (χ1) is 8.89. The third-order valence-corrected chi connectivity index (χ3v) is 3.85. The minimum absolute atomic E-state index is 0.243. The fourth-order valence-corrected chi connectivity index (χ4v) is 2.94. The summed E-state index contributed by atoms with van der Waals surface area (Å²) in [6.07, 6.45) is 1.94. The van der Waals surface area contributed by atoms with Crippen molar-refractivity contribution in [1.29, 1.82) is 0 Å². The molecule has 102 valence electrons. The van der Waals surface area contributed by atoms with Crippen molar-refractivity contribution < 1.29 is 8.42 Å². The lowest BCUT2D eigenvalue weighted by Crippen LogP contribution is -2.05. The molecule has 0 bridgehead atoms. The topological polar surface area (TPSA) is 88.6 Å². The molecule has 2 aromatic rings. The van der Waals surface area contributed by atoms with Crippen LogP contribution in [0.25, 0.3) is 11.4 Å². The van der Waals surface area contributed by atoms with Gasteiger partial charge in [-0.15, -0.1) is 10.2 Å². The van der Waals surface area contributed by atoms with Crippen LogP contribution < -0.4 is 0 Å². The summed E-state index contributed by atoms with van der Waals surface area (Å²) >= 11 is 0. The Morgan fingerprint density at radius 3 is 2.58 bits per heavy atom. The third-order valence-electron chi connectivity index (χ3n) is 2.71. The van der Waals surface area contributed by atoms with E-state index in [4.69, 9.17) is 0 Å². The minimum Gasteiger partial charge on any atom is -0.224 e. The molecular weight excluding hydrogens is 264 g/mol. The normalized spacial score (nSPS) is 12.0. The highest BCUT2D eigenvalue weighted by molar-refractivity contribution is 7.90. The molecule has 0 spiro atoms. The van der Waals surface area contributed by atoms with Crippen LogP contribution in [0.5, 0.6) is 0 Å². The van der Waals surface area contributed by atoms with E-state index < -0.39 is 9.84 Å². The maximum absolute atomic E-state index is 11.9. The van der Waals surface area contributed by atoms with E-state index in [0.717, 1.165) is 12.0 Å². The van der Waals surface area contributed by atoms with Gasteiger partial charge in [-0.3, -0.25) is 0 Å². The zero-order valence-electron chi connectivity index (χ0n) is 11.1. The van der Waals surface area contributed by atoms with Gasteiger partial charge in [0.25, 0.3) is 0 Å². The number of hydrogen-bond acceptors (Lipinski definition) is 5. The summed E-state index contributed by atoms with van der Waals surface area (Å²) in [6, 6.07) is 5.23. The van der Waals surface area contributed by atoms with Crippen LogP contribution in [0.15, 0.2) is 23.1 Å². The van der Waals surface area contributed by atoms with Gasteiger partial charge in [0.15, 0.2) is 9.84 Å². The Bertz CT molecular complexity index is 663. The zero-order valence-corrected chi connectivity index (χ0v) is 11.9. The highest BCUT2D eigenvalue weighted by atomic mass is 32.2. The number of aromatic nitrogens is 4. The number of sulfone groups is 1. The highest BCUT2D eigenvalue weighted by Crippen LogP contribution is 2.29.